The number of rotatable bonds is 6. The van der Waals surface area contributed by atoms with Crippen molar-refractivity contribution in [1.82, 2.24) is 0 Å². The third-order valence-electron chi connectivity index (χ3n) is 3.02. The zero-order valence-corrected chi connectivity index (χ0v) is 13.9. The number of non-ortho nitro benzene ring substituents is 2. The maximum absolute atomic E-state index is 11.7. The first kappa shape index (κ1) is 19.8. The van der Waals surface area contributed by atoms with Crippen LogP contribution in [0.15, 0.2) is 48.5 Å². The molecule has 0 aliphatic rings. The van der Waals surface area contributed by atoms with Gasteiger partial charge in [0.1, 0.15) is 0 Å². The van der Waals surface area contributed by atoms with Crippen molar-refractivity contribution in [3.05, 3.63) is 79.9 Å². The molecule has 0 heterocycles. The molecule has 0 N–H and O–H groups in total. The Balaban J connectivity index is 2.04. The van der Waals surface area contributed by atoms with Gasteiger partial charge in [-0.3, -0.25) is 29.3 Å². The number of nitro benzene ring substituents is 2. The monoisotopic (exact) mass is 395 g/mol. The van der Waals surface area contributed by atoms with Crippen LogP contribution in [0.25, 0.3) is 0 Å². The summed E-state index contributed by atoms with van der Waals surface area (Å²) in [7, 11) is -5.41. The predicted octanol–water partition coefficient (Wildman–Crippen LogP) is 0.915. The van der Waals surface area contributed by atoms with Crippen LogP contribution in [0.3, 0.4) is 0 Å². The van der Waals surface area contributed by atoms with Crippen molar-refractivity contribution in [2.45, 2.75) is 0 Å². The van der Waals surface area contributed by atoms with Gasteiger partial charge in [0.2, 0.25) is 0 Å². The van der Waals surface area contributed by atoms with E-state index in [0.29, 0.717) is 0 Å². The van der Waals surface area contributed by atoms with Crippen LogP contribution in [-0.4, -0.2) is 21.8 Å². The Bertz CT molecular complexity index is 822. The van der Waals surface area contributed by atoms with Gasteiger partial charge in [0.25, 0.3) is 11.4 Å². The van der Waals surface area contributed by atoms with Gasteiger partial charge in [-0.05, 0) is 24.3 Å². The standard InChI is InChI=1S/C14H9N2O10P/c17-13(9-1-5-11(6-2-9)15(19)20)25-27(23,24)26-14(18)10-3-7-12(8-4-10)16(21)22/h1-8H,(H,23,24)/p-1. The van der Waals surface area contributed by atoms with E-state index < -0.39 is 30.0 Å². The molecule has 0 fully saturated rings. The average molecular weight is 395 g/mol. The van der Waals surface area contributed by atoms with Crippen molar-refractivity contribution in [2.75, 3.05) is 0 Å². The second-order valence-corrected chi connectivity index (χ2v) is 6.07. The third kappa shape index (κ3) is 5.25. The fourth-order valence-electron chi connectivity index (χ4n) is 1.77. The summed E-state index contributed by atoms with van der Waals surface area (Å²) in [5.41, 5.74) is -1.32. The van der Waals surface area contributed by atoms with Crippen molar-refractivity contribution in [3.63, 3.8) is 0 Å². The molecule has 2 aromatic carbocycles. The molecule has 0 aliphatic heterocycles. The van der Waals surface area contributed by atoms with Crippen LogP contribution in [0.1, 0.15) is 20.7 Å². The van der Waals surface area contributed by atoms with Crippen LogP contribution in [0.4, 0.5) is 11.4 Å². The summed E-state index contributed by atoms with van der Waals surface area (Å²) in [5, 5.41) is 21.1. The summed E-state index contributed by atoms with van der Waals surface area (Å²) >= 11 is 0. The van der Waals surface area contributed by atoms with Crippen molar-refractivity contribution in [1.29, 1.82) is 0 Å². The van der Waals surface area contributed by atoms with E-state index in [0.717, 1.165) is 48.5 Å². The van der Waals surface area contributed by atoms with Gasteiger partial charge in [-0.15, -0.1) is 0 Å². The van der Waals surface area contributed by atoms with Gasteiger partial charge in [0, 0.05) is 24.3 Å². The Hall–Kier alpha value is -3.47. The van der Waals surface area contributed by atoms with Crippen molar-refractivity contribution in [2.24, 2.45) is 0 Å². The van der Waals surface area contributed by atoms with E-state index in [9.17, 15) is 39.6 Å². The molecule has 2 aromatic rings. The minimum atomic E-state index is -5.41. The number of phosphoric ester groups is 1. The molecule has 12 nitrogen and oxygen atoms in total. The van der Waals surface area contributed by atoms with Crippen molar-refractivity contribution >= 4 is 31.5 Å². The zero-order valence-electron chi connectivity index (χ0n) is 13.0. The maximum atomic E-state index is 11.7. The highest BCUT2D eigenvalue weighted by atomic mass is 31.2. The molecular weight excluding hydrogens is 387 g/mol. The average Bonchev–Trinajstić information content (AvgIpc) is 2.61. The number of hydrogen-bond acceptors (Lipinski definition) is 10. The molecule has 140 valence electrons. The highest BCUT2D eigenvalue weighted by molar-refractivity contribution is 7.52. The van der Waals surface area contributed by atoms with Crippen molar-refractivity contribution in [3.8, 4) is 0 Å². The first-order chi connectivity index (χ1) is 12.6. The first-order valence-corrected chi connectivity index (χ1v) is 8.33. The molecule has 0 unspecified atom stereocenters. The number of nitro groups is 2. The molecule has 2 rings (SSSR count). The smallest absolute Gasteiger partial charge is 0.385 e. The van der Waals surface area contributed by atoms with E-state index in [1.54, 1.807) is 0 Å². The lowest BCUT2D eigenvalue weighted by molar-refractivity contribution is -0.385. The second-order valence-electron chi connectivity index (χ2n) is 4.81. The first-order valence-electron chi connectivity index (χ1n) is 6.87. The van der Waals surface area contributed by atoms with Crippen LogP contribution >= 0.6 is 8.17 Å². The number of nitrogens with zero attached hydrogens (tertiary/aromatic N) is 2. The van der Waals surface area contributed by atoms with E-state index in [2.05, 4.69) is 9.05 Å². The minimum absolute atomic E-state index is 0.331. The molecule has 0 saturated heterocycles. The molecule has 0 aromatic heterocycles. The Morgan fingerprint density at radius 2 is 1.00 bits per heavy atom. The molecular formula is C14H8N2O10P-. The zero-order chi connectivity index (χ0) is 20.2. The highest BCUT2D eigenvalue weighted by Crippen LogP contribution is 2.44. The summed E-state index contributed by atoms with van der Waals surface area (Å²) in [4.78, 5) is 66.4. The maximum Gasteiger partial charge on any atom is 0.385 e. The van der Waals surface area contributed by atoms with Gasteiger partial charge in [0.05, 0.1) is 21.0 Å². The van der Waals surface area contributed by atoms with Crippen LogP contribution in [-0.2, 0) is 9.05 Å². The number of carbonyl (C=O) groups excluding carboxylic acids is 2. The third-order valence-corrected chi connectivity index (χ3v) is 3.80. The van der Waals surface area contributed by atoms with Gasteiger partial charge in [-0.1, -0.05) is 0 Å². The largest absolute Gasteiger partial charge is 0.619 e. The Morgan fingerprint density at radius 1 is 0.704 bits per heavy atom. The molecule has 0 saturated carbocycles. The molecule has 0 spiro atoms. The van der Waals surface area contributed by atoms with Crippen LogP contribution in [0, 0.1) is 20.2 Å². The van der Waals surface area contributed by atoms with Crippen LogP contribution < -0.4 is 9.79 Å². The van der Waals surface area contributed by atoms with E-state index in [4.69, 9.17) is 0 Å². The van der Waals surface area contributed by atoms with Crippen LogP contribution in [0.2, 0.25) is 0 Å². The van der Waals surface area contributed by atoms with Gasteiger partial charge < -0.3 is 9.79 Å². The van der Waals surface area contributed by atoms with E-state index in [-0.39, 0.29) is 22.5 Å². The molecule has 0 aliphatic carbocycles. The minimum Gasteiger partial charge on any atom is -0.619 e. The summed E-state index contributed by atoms with van der Waals surface area (Å²) in [6, 6.07) is 7.64. The molecule has 27 heavy (non-hydrogen) atoms. The fraction of sp³-hybridized carbons (Fsp3) is 0. The lowest BCUT2D eigenvalue weighted by atomic mass is 10.2. The van der Waals surface area contributed by atoms with Gasteiger partial charge >= 0.3 is 20.1 Å². The predicted molar refractivity (Wildman–Crippen MR) is 83.9 cm³/mol. The Morgan fingerprint density at radius 3 is 1.26 bits per heavy atom. The number of carbonyl (C=O) groups is 2. The Labute approximate surface area is 150 Å². The highest BCUT2D eigenvalue weighted by Gasteiger charge is 2.29. The van der Waals surface area contributed by atoms with Crippen LogP contribution in [0.5, 0.6) is 0 Å². The summed E-state index contributed by atoms with van der Waals surface area (Å²) in [6.07, 6.45) is 0. The van der Waals surface area contributed by atoms with Gasteiger partial charge in [0.15, 0.2) is 0 Å². The summed E-state index contributed by atoms with van der Waals surface area (Å²) in [6.45, 7) is 0. The molecule has 0 radical (unpaired) electrons. The van der Waals surface area contributed by atoms with E-state index >= 15 is 0 Å². The molecule has 13 heteroatoms. The Kier molecular flexibility index (Phi) is 5.75. The molecule has 0 atom stereocenters. The number of hydrogen-bond donors (Lipinski definition) is 0. The lowest BCUT2D eigenvalue weighted by Crippen LogP contribution is -2.31. The second kappa shape index (κ2) is 7.83. The number of phosphoric acid groups is 1. The molecule has 0 bridgehead atoms. The van der Waals surface area contributed by atoms with Gasteiger partial charge in [-0.25, -0.2) is 9.59 Å². The van der Waals surface area contributed by atoms with Gasteiger partial charge in [-0.2, -0.15) is 0 Å². The quantitative estimate of drug-likeness (QED) is 0.387. The summed E-state index contributed by atoms with van der Waals surface area (Å²) < 4.78 is 8.24. The van der Waals surface area contributed by atoms with E-state index in [1.165, 1.54) is 0 Å². The normalized spacial score (nSPS) is 10.7. The molecule has 0 amide bonds. The topological polar surface area (TPSA) is 185 Å². The fourth-order valence-corrected chi connectivity index (χ4v) is 2.42. The SMILES string of the molecule is O=C(O[P+]([O-])([O-])OC(=O)c1ccc([N+](=O)[O-])cc1)c1ccc([N+](=O)[O-])cc1. The lowest BCUT2D eigenvalue weighted by Gasteiger charge is -2.28. The van der Waals surface area contributed by atoms with E-state index in [1.807, 2.05) is 0 Å². The number of benzene rings is 2. The van der Waals surface area contributed by atoms with Crippen molar-refractivity contribution < 1.29 is 38.3 Å². The summed E-state index contributed by atoms with van der Waals surface area (Å²) in [5.74, 6) is -2.83.